The number of amides is 4. The number of fused-ring (bicyclic) bond motifs is 1. The minimum absolute atomic E-state index is 0.0424. The van der Waals surface area contributed by atoms with Gasteiger partial charge in [-0.25, -0.2) is 4.79 Å². The van der Waals surface area contributed by atoms with Crippen LogP contribution in [0, 0.1) is 12.8 Å². The number of carbonyl (C=O) groups is 3. The van der Waals surface area contributed by atoms with Crippen LogP contribution in [-0.2, 0) is 9.59 Å². The van der Waals surface area contributed by atoms with E-state index in [1.54, 1.807) is 4.90 Å². The van der Waals surface area contributed by atoms with E-state index in [0.29, 0.717) is 44.3 Å². The molecular weight excluding hydrogens is 674 g/mol. The largest absolute Gasteiger partial charge is 0.361 e. The van der Waals surface area contributed by atoms with Crippen LogP contribution in [0.5, 0.6) is 0 Å². The fourth-order valence-electron chi connectivity index (χ4n) is 6.61. The van der Waals surface area contributed by atoms with E-state index < -0.39 is 10.8 Å². The Hall–Kier alpha value is -3.21. The van der Waals surface area contributed by atoms with Crippen molar-refractivity contribution in [2.45, 2.75) is 42.4 Å². The smallest absolute Gasteiger partial charge is 0.317 e. The zero-order valence-corrected chi connectivity index (χ0v) is 28.6. The second-order valence-corrected chi connectivity index (χ2v) is 14.7. The summed E-state index contributed by atoms with van der Waals surface area (Å²) in [4.78, 5) is 51.7. The van der Waals surface area contributed by atoms with Crippen molar-refractivity contribution in [1.82, 2.24) is 25.0 Å². The maximum Gasteiger partial charge on any atom is 0.317 e. The molecule has 4 amide bonds. The minimum atomic E-state index is -1.14. The molecule has 8 nitrogen and oxygen atoms in total. The highest BCUT2D eigenvalue weighted by molar-refractivity contribution is 9.11. The molecule has 3 aliphatic rings. The van der Waals surface area contributed by atoms with Crippen LogP contribution in [-0.4, -0.2) is 81.5 Å². The molecule has 236 valence electrons. The van der Waals surface area contributed by atoms with E-state index in [4.69, 9.17) is 11.6 Å². The molecule has 3 aromatic rings. The number of aromatic amines is 1. The first-order valence-electron chi connectivity index (χ1n) is 15.4. The van der Waals surface area contributed by atoms with Gasteiger partial charge in [-0.1, -0.05) is 69.5 Å². The predicted molar refractivity (Wildman–Crippen MR) is 184 cm³/mol. The normalized spacial score (nSPS) is 23.5. The predicted octanol–water partition coefficient (Wildman–Crippen LogP) is 6.66. The van der Waals surface area contributed by atoms with E-state index in [-0.39, 0.29) is 30.2 Å². The van der Waals surface area contributed by atoms with Crippen molar-refractivity contribution in [3.63, 3.8) is 0 Å². The molecule has 1 unspecified atom stereocenters. The highest BCUT2D eigenvalue weighted by Gasteiger charge is 2.60. The van der Waals surface area contributed by atoms with Gasteiger partial charge in [0.1, 0.15) is 4.75 Å². The molecule has 45 heavy (non-hydrogen) atoms. The standard InChI is InChI=1S/C34H37BrClN5O3S/c1-3-37-33(44)40-16-14-39(15-17-40)32(43)34(45-26-11-4-22(2)5-12-26)19-30(42)41(21-23-6-8-24(35)9-7-23)31(34)28-20-38-29-18-25(36)10-13-27(28)29/h4-6,8-13,18,20,23,31,38H,3,7,14-17,19,21H2,1-2H3,(H,37,44)/t23?,31-,34-/m0/s1. The summed E-state index contributed by atoms with van der Waals surface area (Å²) >= 11 is 11.4. The summed E-state index contributed by atoms with van der Waals surface area (Å²) in [6.07, 6.45) is 9.10. The number of aromatic nitrogens is 1. The number of carbonyl (C=O) groups excluding carboxylic acids is 3. The first-order chi connectivity index (χ1) is 21.7. The highest BCUT2D eigenvalue weighted by atomic mass is 79.9. The number of urea groups is 1. The fourth-order valence-corrected chi connectivity index (χ4v) is 8.59. The molecule has 1 aliphatic carbocycles. The van der Waals surface area contributed by atoms with Gasteiger partial charge in [0, 0.05) is 76.3 Å². The van der Waals surface area contributed by atoms with Crippen LogP contribution in [0.15, 0.2) is 76.3 Å². The third-order valence-corrected chi connectivity index (χ3v) is 11.1. The molecule has 3 heterocycles. The zero-order valence-electron chi connectivity index (χ0n) is 25.4. The van der Waals surface area contributed by atoms with Crippen LogP contribution in [0.4, 0.5) is 4.79 Å². The van der Waals surface area contributed by atoms with Crippen LogP contribution in [0.25, 0.3) is 10.9 Å². The summed E-state index contributed by atoms with van der Waals surface area (Å²) in [6.45, 7) is 6.65. The Morgan fingerprint density at radius 3 is 2.53 bits per heavy atom. The molecule has 6 rings (SSSR count). The van der Waals surface area contributed by atoms with Crippen molar-refractivity contribution in [2.24, 2.45) is 5.92 Å². The summed E-state index contributed by atoms with van der Waals surface area (Å²) in [5, 5.41) is 4.41. The van der Waals surface area contributed by atoms with E-state index >= 15 is 4.79 Å². The Morgan fingerprint density at radius 2 is 1.84 bits per heavy atom. The molecule has 11 heteroatoms. The molecular formula is C34H37BrClN5O3S. The second kappa shape index (κ2) is 13.3. The summed E-state index contributed by atoms with van der Waals surface area (Å²) in [7, 11) is 0. The number of halogens is 2. The summed E-state index contributed by atoms with van der Waals surface area (Å²) in [5.74, 6) is 0.00201. The van der Waals surface area contributed by atoms with Gasteiger partial charge in [0.15, 0.2) is 0 Å². The van der Waals surface area contributed by atoms with Crippen LogP contribution >= 0.6 is 39.3 Å². The maximum atomic E-state index is 15.1. The average molecular weight is 711 g/mol. The monoisotopic (exact) mass is 709 g/mol. The van der Waals surface area contributed by atoms with Gasteiger partial charge in [-0.15, -0.1) is 11.8 Å². The quantitative estimate of drug-likeness (QED) is 0.287. The lowest BCUT2D eigenvalue weighted by atomic mass is 9.89. The van der Waals surface area contributed by atoms with Gasteiger partial charge in [0.05, 0.1) is 12.5 Å². The molecule has 0 bridgehead atoms. The van der Waals surface area contributed by atoms with Gasteiger partial charge in [-0.3, -0.25) is 9.59 Å². The van der Waals surface area contributed by atoms with Gasteiger partial charge < -0.3 is 25.0 Å². The minimum Gasteiger partial charge on any atom is -0.361 e. The number of H-pyrrole nitrogens is 1. The van der Waals surface area contributed by atoms with Gasteiger partial charge in [0.2, 0.25) is 11.8 Å². The third kappa shape index (κ3) is 6.42. The Labute approximate surface area is 281 Å². The van der Waals surface area contributed by atoms with Crippen molar-refractivity contribution in [2.75, 3.05) is 39.3 Å². The van der Waals surface area contributed by atoms with Gasteiger partial charge in [0.25, 0.3) is 0 Å². The van der Waals surface area contributed by atoms with E-state index in [2.05, 4.69) is 38.4 Å². The second-order valence-electron chi connectivity index (χ2n) is 11.9. The SMILES string of the molecule is CCNC(=O)N1CCN(C(=O)[C@]2(Sc3ccc(C)cc3)CC(=O)N(CC3C=CC(Br)=CC3)[C@H]2c2c[nH]c3cc(Cl)ccc23)CC1. The maximum absolute atomic E-state index is 15.1. The number of nitrogens with zero attached hydrogens (tertiary/aromatic N) is 3. The number of likely N-dealkylation sites (tertiary alicyclic amines) is 1. The van der Waals surface area contributed by atoms with E-state index in [9.17, 15) is 9.59 Å². The summed E-state index contributed by atoms with van der Waals surface area (Å²) in [6, 6.07) is 13.2. The summed E-state index contributed by atoms with van der Waals surface area (Å²) in [5.41, 5.74) is 2.88. The lowest BCUT2D eigenvalue weighted by Crippen LogP contribution is -2.58. The molecule has 3 atom stereocenters. The molecule has 0 saturated carbocycles. The number of hydrogen-bond acceptors (Lipinski definition) is 4. The number of piperazine rings is 1. The Kier molecular flexibility index (Phi) is 9.36. The van der Waals surface area contributed by atoms with E-state index in [1.165, 1.54) is 11.8 Å². The Bertz CT molecular complexity index is 1670. The lowest BCUT2D eigenvalue weighted by molar-refractivity contribution is -0.136. The Balaban J connectivity index is 1.44. The van der Waals surface area contributed by atoms with Crippen molar-refractivity contribution >= 4 is 68.0 Å². The first kappa shape index (κ1) is 31.8. The number of nitrogens with one attached hydrogen (secondary N) is 2. The number of thioether (sulfide) groups is 1. The zero-order chi connectivity index (χ0) is 31.7. The first-order valence-corrected chi connectivity index (χ1v) is 17.3. The average Bonchev–Trinajstić information content (AvgIpc) is 3.56. The van der Waals surface area contributed by atoms with Gasteiger partial charge in [-0.2, -0.15) is 0 Å². The number of aryl methyl sites for hydroxylation is 1. The molecule has 2 N–H and O–H groups in total. The third-order valence-electron chi connectivity index (χ3n) is 8.90. The van der Waals surface area contributed by atoms with Crippen molar-refractivity contribution in [3.8, 4) is 0 Å². The van der Waals surface area contributed by atoms with E-state index in [0.717, 1.165) is 37.8 Å². The van der Waals surface area contributed by atoms with Gasteiger partial charge >= 0.3 is 6.03 Å². The number of hydrogen-bond donors (Lipinski definition) is 2. The van der Waals surface area contributed by atoms with E-state index in [1.807, 2.05) is 78.4 Å². The van der Waals surface area contributed by atoms with Crippen LogP contribution in [0.2, 0.25) is 5.02 Å². The topological polar surface area (TPSA) is 88.8 Å². The number of allylic oxidation sites excluding steroid dienone is 3. The molecule has 2 aromatic carbocycles. The van der Waals surface area contributed by atoms with Gasteiger partial charge in [-0.05, 0) is 50.5 Å². The molecule has 2 fully saturated rings. The Morgan fingerprint density at radius 1 is 1.11 bits per heavy atom. The molecule has 0 radical (unpaired) electrons. The molecule has 1 aromatic heterocycles. The number of benzene rings is 2. The molecule has 2 saturated heterocycles. The number of rotatable bonds is 7. The lowest BCUT2D eigenvalue weighted by Gasteiger charge is -2.42. The van der Waals surface area contributed by atoms with Crippen molar-refractivity contribution in [1.29, 1.82) is 0 Å². The highest BCUT2D eigenvalue weighted by Crippen LogP contribution is 2.55. The van der Waals surface area contributed by atoms with Crippen molar-refractivity contribution in [3.05, 3.63) is 87.5 Å². The summed E-state index contributed by atoms with van der Waals surface area (Å²) < 4.78 is -0.105. The van der Waals surface area contributed by atoms with Crippen LogP contribution in [0.3, 0.4) is 0 Å². The van der Waals surface area contributed by atoms with Crippen LogP contribution < -0.4 is 5.32 Å². The fraction of sp³-hybridized carbons (Fsp3) is 0.382. The van der Waals surface area contributed by atoms with Crippen molar-refractivity contribution < 1.29 is 14.4 Å². The molecule has 0 spiro atoms. The van der Waals surface area contributed by atoms with Crippen LogP contribution in [0.1, 0.15) is 36.9 Å². The molecule has 2 aliphatic heterocycles.